The average molecular weight is 451 g/mol. The van der Waals surface area contributed by atoms with Crippen LogP contribution in [0.2, 0.25) is 0 Å². The number of carbonyl (C=O) groups is 2. The van der Waals surface area contributed by atoms with Crippen LogP contribution in [0.3, 0.4) is 0 Å². The van der Waals surface area contributed by atoms with Gasteiger partial charge in [-0.05, 0) is 32.9 Å². The Morgan fingerprint density at radius 3 is 2.69 bits per heavy atom. The van der Waals surface area contributed by atoms with E-state index in [0.717, 1.165) is 37.3 Å². The molecule has 2 N–H and O–H groups in total. The van der Waals surface area contributed by atoms with Crippen molar-refractivity contribution in [1.82, 2.24) is 15.5 Å². The third-order valence-corrected chi connectivity index (χ3v) is 7.05. The predicted octanol–water partition coefficient (Wildman–Crippen LogP) is 4.29. The van der Waals surface area contributed by atoms with Gasteiger partial charge in [0.2, 0.25) is 11.8 Å². The van der Waals surface area contributed by atoms with Crippen LogP contribution in [0.1, 0.15) is 33.7 Å². The van der Waals surface area contributed by atoms with Gasteiger partial charge < -0.3 is 15.2 Å². The molecule has 3 rings (SSSR count). The van der Waals surface area contributed by atoms with Gasteiger partial charge in [-0.3, -0.25) is 9.59 Å². The van der Waals surface area contributed by atoms with Gasteiger partial charge in [-0.1, -0.05) is 5.16 Å². The summed E-state index contributed by atoms with van der Waals surface area (Å²) in [7, 11) is 0. The molecule has 0 radical (unpaired) electrons. The first-order valence-corrected chi connectivity index (χ1v) is 11.7. The average Bonchev–Trinajstić information content (AvgIpc) is 3.35. The number of thioether (sulfide) groups is 1. The highest BCUT2D eigenvalue weighted by Crippen LogP contribution is 2.34. The van der Waals surface area contributed by atoms with Crippen molar-refractivity contribution in [3.8, 4) is 10.6 Å². The van der Waals surface area contributed by atoms with Crippen LogP contribution in [0, 0.1) is 20.8 Å². The molecule has 0 spiro atoms. The van der Waals surface area contributed by atoms with Crippen molar-refractivity contribution in [2.24, 2.45) is 0 Å². The third-order valence-electron chi connectivity index (χ3n) is 4.11. The Morgan fingerprint density at radius 1 is 1.21 bits per heavy atom. The lowest BCUT2D eigenvalue weighted by molar-refractivity contribution is -0.119. The number of thiazole rings is 1. The van der Waals surface area contributed by atoms with Gasteiger partial charge in [0.1, 0.15) is 5.76 Å². The van der Waals surface area contributed by atoms with Crippen LogP contribution >= 0.6 is 34.4 Å². The van der Waals surface area contributed by atoms with E-state index in [1.807, 2.05) is 32.9 Å². The fraction of sp³-hybridized carbons (Fsp3) is 0.368. The second kappa shape index (κ2) is 9.55. The van der Waals surface area contributed by atoms with E-state index in [-0.39, 0.29) is 11.8 Å². The number of carbonyl (C=O) groups excluding carboxylic acids is 2. The van der Waals surface area contributed by atoms with Crippen LogP contribution in [-0.4, -0.2) is 27.7 Å². The van der Waals surface area contributed by atoms with Gasteiger partial charge in [0.25, 0.3) is 0 Å². The number of anilines is 1. The fourth-order valence-electron chi connectivity index (χ4n) is 2.60. The number of rotatable bonds is 8. The molecule has 3 aromatic heterocycles. The molecule has 10 heteroatoms. The Bertz CT molecular complexity index is 1000. The minimum absolute atomic E-state index is 0.0537. The van der Waals surface area contributed by atoms with Crippen molar-refractivity contribution in [2.45, 2.75) is 40.0 Å². The van der Waals surface area contributed by atoms with Crippen molar-refractivity contribution >= 4 is 51.4 Å². The molecule has 0 unspecified atom stereocenters. The lowest BCUT2D eigenvalue weighted by Crippen LogP contribution is -2.17. The number of hydrogen-bond acceptors (Lipinski definition) is 8. The molecule has 154 valence electrons. The number of thiophene rings is 1. The van der Waals surface area contributed by atoms with Crippen molar-refractivity contribution in [3.05, 3.63) is 38.9 Å². The smallest absolute Gasteiger partial charge is 0.236 e. The van der Waals surface area contributed by atoms with Gasteiger partial charge in [-0.25, -0.2) is 4.98 Å². The quantitative estimate of drug-likeness (QED) is 0.531. The number of hydrogen-bond donors (Lipinski definition) is 2. The Labute approximate surface area is 181 Å². The Balaban J connectivity index is 1.56. The molecule has 0 aliphatic rings. The first-order valence-electron chi connectivity index (χ1n) is 8.93. The lowest BCUT2D eigenvalue weighted by Gasteiger charge is -2.02. The molecule has 0 saturated carbocycles. The molecular weight excluding hydrogens is 428 g/mol. The zero-order valence-corrected chi connectivity index (χ0v) is 19.1. The van der Waals surface area contributed by atoms with Crippen LogP contribution in [0.15, 0.2) is 16.7 Å². The van der Waals surface area contributed by atoms with E-state index >= 15 is 0 Å². The van der Waals surface area contributed by atoms with Crippen LogP contribution < -0.4 is 10.6 Å². The van der Waals surface area contributed by atoms with Crippen molar-refractivity contribution in [2.75, 3.05) is 11.1 Å². The minimum Gasteiger partial charge on any atom is -0.361 e. The van der Waals surface area contributed by atoms with E-state index < -0.39 is 0 Å². The van der Waals surface area contributed by atoms with Crippen LogP contribution in [0.5, 0.6) is 0 Å². The zero-order valence-electron chi connectivity index (χ0n) is 16.6. The van der Waals surface area contributed by atoms with E-state index in [4.69, 9.17) is 4.52 Å². The summed E-state index contributed by atoms with van der Waals surface area (Å²) < 4.78 is 5.14. The van der Waals surface area contributed by atoms with Gasteiger partial charge in [0.15, 0.2) is 5.13 Å². The molecule has 0 fully saturated rings. The standard InChI is InChI=1S/C19H22N4O3S3/c1-10-15(11(2)26-23-10)8-27-9-17(25)21-19-22-18(12(3)28-19)16-6-5-14(29-16)7-20-13(4)24/h5-6H,7-9H2,1-4H3,(H,20,24)(H,21,22,25). The number of aryl methyl sites for hydroxylation is 3. The topological polar surface area (TPSA) is 97.1 Å². The van der Waals surface area contributed by atoms with Crippen LogP contribution in [0.4, 0.5) is 5.13 Å². The molecule has 7 nitrogen and oxygen atoms in total. The van der Waals surface area contributed by atoms with E-state index in [9.17, 15) is 9.59 Å². The molecule has 3 heterocycles. The summed E-state index contributed by atoms with van der Waals surface area (Å²) in [5.41, 5.74) is 2.78. The number of amides is 2. The fourth-order valence-corrected chi connectivity index (χ4v) is 5.48. The maximum Gasteiger partial charge on any atom is 0.236 e. The highest BCUT2D eigenvalue weighted by atomic mass is 32.2. The maximum atomic E-state index is 12.3. The number of nitrogens with zero attached hydrogens (tertiary/aromatic N) is 2. The molecule has 0 atom stereocenters. The molecule has 0 aromatic carbocycles. The van der Waals surface area contributed by atoms with Crippen molar-refractivity contribution < 1.29 is 14.1 Å². The molecule has 29 heavy (non-hydrogen) atoms. The largest absolute Gasteiger partial charge is 0.361 e. The van der Waals surface area contributed by atoms with E-state index in [1.54, 1.807) is 11.3 Å². The van der Waals surface area contributed by atoms with Crippen LogP contribution in [-0.2, 0) is 21.9 Å². The van der Waals surface area contributed by atoms with Crippen molar-refractivity contribution in [1.29, 1.82) is 0 Å². The normalized spacial score (nSPS) is 10.9. The summed E-state index contributed by atoms with van der Waals surface area (Å²) in [5, 5.41) is 10.2. The first-order chi connectivity index (χ1) is 13.8. The molecule has 0 aliphatic heterocycles. The second-order valence-corrected chi connectivity index (χ2v) is 9.80. The van der Waals surface area contributed by atoms with Gasteiger partial charge >= 0.3 is 0 Å². The van der Waals surface area contributed by atoms with Gasteiger partial charge in [-0.15, -0.1) is 34.4 Å². The first kappa shape index (κ1) is 21.5. The molecule has 2 amide bonds. The van der Waals surface area contributed by atoms with Crippen LogP contribution in [0.25, 0.3) is 10.6 Å². The molecule has 0 saturated heterocycles. The Hall–Kier alpha value is -2.17. The molecule has 0 bridgehead atoms. The monoisotopic (exact) mass is 450 g/mol. The van der Waals surface area contributed by atoms with E-state index in [2.05, 4.69) is 20.8 Å². The van der Waals surface area contributed by atoms with Gasteiger partial charge in [-0.2, -0.15) is 0 Å². The highest BCUT2D eigenvalue weighted by molar-refractivity contribution is 7.99. The van der Waals surface area contributed by atoms with Gasteiger partial charge in [0.05, 0.1) is 28.6 Å². The lowest BCUT2D eigenvalue weighted by atomic mass is 10.2. The maximum absolute atomic E-state index is 12.3. The summed E-state index contributed by atoms with van der Waals surface area (Å²) >= 11 is 4.57. The van der Waals surface area contributed by atoms with Gasteiger partial charge in [0, 0.05) is 28.0 Å². The molecule has 0 aliphatic carbocycles. The second-order valence-electron chi connectivity index (χ2n) is 6.44. The third kappa shape index (κ3) is 5.68. The summed E-state index contributed by atoms with van der Waals surface area (Å²) in [5.74, 6) is 1.67. The number of aromatic nitrogens is 2. The summed E-state index contributed by atoms with van der Waals surface area (Å²) in [4.78, 5) is 31.0. The number of nitrogens with one attached hydrogen (secondary N) is 2. The summed E-state index contributed by atoms with van der Waals surface area (Å²) in [6.45, 7) is 7.78. The predicted molar refractivity (Wildman–Crippen MR) is 118 cm³/mol. The summed E-state index contributed by atoms with van der Waals surface area (Å²) in [6, 6.07) is 3.98. The van der Waals surface area contributed by atoms with Crippen molar-refractivity contribution in [3.63, 3.8) is 0 Å². The Kier molecular flexibility index (Phi) is 7.09. The summed E-state index contributed by atoms with van der Waals surface area (Å²) in [6.07, 6.45) is 0. The highest BCUT2D eigenvalue weighted by Gasteiger charge is 2.15. The Morgan fingerprint density at radius 2 is 2.00 bits per heavy atom. The molecule has 3 aromatic rings. The zero-order chi connectivity index (χ0) is 21.0. The van der Waals surface area contributed by atoms with E-state index in [1.165, 1.54) is 30.0 Å². The minimum atomic E-state index is -0.0837. The SMILES string of the molecule is CC(=O)NCc1ccc(-c2nc(NC(=O)CSCc3c(C)noc3C)sc2C)s1. The molecular formula is C19H22N4O3S3. The van der Waals surface area contributed by atoms with E-state index in [0.29, 0.717) is 23.2 Å².